The van der Waals surface area contributed by atoms with Crippen LogP contribution < -0.4 is 5.32 Å². The van der Waals surface area contributed by atoms with Gasteiger partial charge in [-0.2, -0.15) is 5.10 Å². The van der Waals surface area contributed by atoms with E-state index in [0.717, 1.165) is 12.1 Å². The van der Waals surface area contributed by atoms with Gasteiger partial charge in [-0.3, -0.25) is 9.69 Å². The van der Waals surface area contributed by atoms with Gasteiger partial charge in [0, 0.05) is 12.6 Å². The van der Waals surface area contributed by atoms with Crippen molar-refractivity contribution in [2.75, 3.05) is 12.8 Å². The van der Waals surface area contributed by atoms with Crippen LogP contribution in [0.25, 0.3) is 0 Å². The van der Waals surface area contributed by atoms with Crippen LogP contribution in [-0.2, 0) is 11.3 Å². The molecule has 1 aromatic rings. The van der Waals surface area contributed by atoms with Gasteiger partial charge in [0.15, 0.2) is 5.17 Å². The van der Waals surface area contributed by atoms with Crippen LogP contribution in [0.4, 0.5) is 0 Å². The molecule has 6 heteroatoms. The number of benzene rings is 1. The van der Waals surface area contributed by atoms with Gasteiger partial charge in [0.2, 0.25) is 5.91 Å². The van der Waals surface area contributed by atoms with E-state index in [4.69, 9.17) is 0 Å². The first-order valence-electron chi connectivity index (χ1n) is 8.54. The summed E-state index contributed by atoms with van der Waals surface area (Å²) in [6.07, 6.45) is 8.46. The van der Waals surface area contributed by atoms with Crippen LogP contribution in [0.15, 0.2) is 34.5 Å². The van der Waals surface area contributed by atoms with E-state index in [9.17, 15) is 4.79 Å². The van der Waals surface area contributed by atoms with Crippen LogP contribution in [0.3, 0.4) is 0 Å². The standard InChI is InChI=1S/C18H24N4OS/c1-22(16-9-3-2-4-10-16)12-15-8-6-5-7-14(15)11-19-21-18-20-17(23)13-24-18/h5-8,11,16H,2-4,9-10,12-13H2,1H3,(H,20,21,23). The summed E-state index contributed by atoms with van der Waals surface area (Å²) in [7, 11) is 2.22. The molecule has 1 amide bonds. The molecule has 1 aromatic carbocycles. The molecule has 1 heterocycles. The highest BCUT2D eigenvalue weighted by atomic mass is 32.2. The minimum Gasteiger partial charge on any atom is -0.303 e. The Morgan fingerprint density at radius 2 is 2.08 bits per heavy atom. The largest absolute Gasteiger partial charge is 0.303 e. The van der Waals surface area contributed by atoms with Crippen molar-refractivity contribution in [3.05, 3.63) is 35.4 Å². The van der Waals surface area contributed by atoms with Gasteiger partial charge in [-0.05, 0) is 31.0 Å². The van der Waals surface area contributed by atoms with Gasteiger partial charge in [-0.1, -0.05) is 55.3 Å². The normalized spacial score (nSPS) is 21.1. The molecule has 1 N–H and O–H groups in total. The molecule has 1 aliphatic heterocycles. The number of amidine groups is 1. The number of amides is 1. The summed E-state index contributed by atoms with van der Waals surface area (Å²) >= 11 is 1.39. The minimum absolute atomic E-state index is 0.0107. The van der Waals surface area contributed by atoms with E-state index < -0.39 is 0 Å². The number of nitrogens with zero attached hydrogens (tertiary/aromatic N) is 3. The molecule has 1 saturated carbocycles. The van der Waals surface area contributed by atoms with Gasteiger partial charge in [-0.15, -0.1) is 5.10 Å². The molecule has 0 radical (unpaired) electrons. The van der Waals surface area contributed by atoms with Crippen LogP contribution in [-0.4, -0.2) is 41.0 Å². The van der Waals surface area contributed by atoms with Crippen molar-refractivity contribution in [2.45, 2.75) is 44.7 Å². The van der Waals surface area contributed by atoms with Gasteiger partial charge in [0.25, 0.3) is 0 Å². The molecule has 5 nitrogen and oxygen atoms in total. The lowest BCUT2D eigenvalue weighted by molar-refractivity contribution is -0.116. The molecule has 0 unspecified atom stereocenters. The van der Waals surface area contributed by atoms with Gasteiger partial charge < -0.3 is 5.32 Å². The van der Waals surface area contributed by atoms with Crippen molar-refractivity contribution in [1.82, 2.24) is 10.2 Å². The Morgan fingerprint density at radius 3 is 2.83 bits per heavy atom. The van der Waals surface area contributed by atoms with E-state index in [1.54, 1.807) is 6.21 Å². The fraction of sp³-hybridized carbons (Fsp3) is 0.500. The number of nitrogens with one attached hydrogen (secondary N) is 1. The number of hydrogen-bond acceptors (Lipinski definition) is 5. The molecule has 3 rings (SSSR count). The summed E-state index contributed by atoms with van der Waals surface area (Å²) in [5.74, 6) is 0.417. The minimum atomic E-state index is -0.0107. The fourth-order valence-electron chi connectivity index (χ4n) is 3.25. The van der Waals surface area contributed by atoms with E-state index in [0.29, 0.717) is 17.0 Å². The van der Waals surface area contributed by atoms with E-state index in [-0.39, 0.29) is 5.91 Å². The fourth-order valence-corrected chi connectivity index (χ4v) is 3.88. The molecule has 0 aromatic heterocycles. The van der Waals surface area contributed by atoms with Crippen molar-refractivity contribution >= 4 is 29.1 Å². The molecule has 1 aliphatic carbocycles. The zero-order chi connectivity index (χ0) is 16.8. The molecule has 2 aliphatic rings. The Bertz CT molecular complexity index is 638. The molecular formula is C18H24N4OS. The molecule has 0 bridgehead atoms. The maximum absolute atomic E-state index is 11.1. The Labute approximate surface area is 147 Å². The maximum Gasteiger partial charge on any atom is 0.236 e. The van der Waals surface area contributed by atoms with Crippen molar-refractivity contribution in [3.8, 4) is 0 Å². The predicted molar refractivity (Wildman–Crippen MR) is 100 cm³/mol. The second-order valence-corrected chi connectivity index (χ2v) is 7.36. The molecule has 128 valence electrons. The topological polar surface area (TPSA) is 57.1 Å². The van der Waals surface area contributed by atoms with Crippen LogP contribution in [0, 0.1) is 0 Å². The summed E-state index contributed by atoms with van der Waals surface area (Å²) in [6, 6.07) is 8.99. The number of carbonyl (C=O) groups excluding carboxylic acids is 1. The van der Waals surface area contributed by atoms with Gasteiger partial charge in [0.1, 0.15) is 0 Å². The molecule has 24 heavy (non-hydrogen) atoms. The Kier molecular flexibility index (Phi) is 6.04. The molecule has 2 fully saturated rings. The summed E-state index contributed by atoms with van der Waals surface area (Å²) in [6.45, 7) is 0.926. The first-order chi connectivity index (χ1) is 11.7. The van der Waals surface area contributed by atoms with E-state index in [1.165, 1.54) is 49.4 Å². The third-order valence-electron chi connectivity index (χ3n) is 4.60. The highest BCUT2D eigenvalue weighted by molar-refractivity contribution is 8.15. The average Bonchev–Trinajstić information content (AvgIpc) is 3.02. The molecule has 0 atom stereocenters. The van der Waals surface area contributed by atoms with Gasteiger partial charge in [-0.25, -0.2) is 0 Å². The van der Waals surface area contributed by atoms with Crippen LogP contribution in [0.1, 0.15) is 43.2 Å². The molecule has 1 saturated heterocycles. The quantitative estimate of drug-likeness (QED) is 0.660. The van der Waals surface area contributed by atoms with Crippen molar-refractivity contribution in [2.24, 2.45) is 10.2 Å². The van der Waals surface area contributed by atoms with Gasteiger partial charge >= 0.3 is 0 Å². The smallest absolute Gasteiger partial charge is 0.236 e. The third-order valence-corrected chi connectivity index (χ3v) is 5.47. The summed E-state index contributed by atoms with van der Waals surface area (Å²) in [5.41, 5.74) is 2.34. The third kappa shape index (κ3) is 4.68. The first-order valence-corrected chi connectivity index (χ1v) is 9.53. The van der Waals surface area contributed by atoms with Crippen LogP contribution in [0.5, 0.6) is 0 Å². The summed E-state index contributed by atoms with van der Waals surface area (Å²) in [5, 5.41) is 11.5. The highest BCUT2D eigenvalue weighted by Crippen LogP contribution is 2.23. The second kappa shape index (κ2) is 8.44. The molecular weight excluding hydrogens is 320 g/mol. The number of thioether (sulfide) groups is 1. The Hall–Kier alpha value is -1.66. The van der Waals surface area contributed by atoms with Gasteiger partial charge in [0.05, 0.1) is 12.0 Å². The van der Waals surface area contributed by atoms with E-state index >= 15 is 0 Å². The zero-order valence-corrected chi connectivity index (χ0v) is 14.9. The summed E-state index contributed by atoms with van der Waals surface area (Å²) < 4.78 is 0. The highest BCUT2D eigenvalue weighted by Gasteiger charge is 2.18. The lowest BCUT2D eigenvalue weighted by Crippen LogP contribution is -2.33. The number of hydrogen-bond donors (Lipinski definition) is 1. The van der Waals surface area contributed by atoms with Crippen molar-refractivity contribution in [1.29, 1.82) is 0 Å². The lowest BCUT2D eigenvalue weighted by atomic mass is 9.94. The number of rotatable bonds is 5. The zero-order valence-electron chi connectivity index (χ0n) is 14.1. The predicted octanol–water partition coefficient (Wildman–Crippen LogP) is 3.00. The van der Waals surface area contributed by atoms with E-state index in [2.05, 4.69) is 45.7 Å². The van der Waals surface area contributed by atoms with Crippen molar-refractivity contribution in [3.63, 3.8) is 0 Å². The second-order valence-electron chi connectivity index (χ2n) is 6.39. The van der Waals surface area contributed by atoms with E-state index in [1.807, 2.05) is 6.07 Å². The van der Waals surface area contributed by atoms with Crippen molar-refractivity contribution < 1.29 is 4.79 Å². The summed E-state index contributed by atoms with van der Waals surface area (Å²) in [4.78, 5) is 13.6. The number of carbonyl (C=O) groups is 1. The SMILES string of the molecule is CN(Cc1ccccc1C=NN=C1NC(=O)CS1)C1CCCCC1. The average molecular weight is 344 g/mol. The monoisotopic (exact) mass is 344 g/mol. The first kappa shape index (κ1) is 17.2. The maximum atomic E-state index is 11.1. The lowest BCUT2D eigenvalue weighted by Gasteiger charge is -2.31. The molecule has 0 spiro atoms. The van der Waals surface area contributed by atoms with Crippen LogP contribution in [0.2, 0.25) is 0 Å². The Balaban J connectivity index is 1.65. The Morgan fingerprint density at radius 1 is 1.29 bits per heavy atom. The van der Waals surface area contributed by atoms with Crippen LogP contribution >= 0.6 is 11.8 Å².